The van der Waals surface area contributed by atoms with Crippen molar-refractivity contribution < 1.29 is 48.9 Å². The minimum Gasteiger partial charge on any atom is -0.549 e. The summed E-state index contributed by atoms with van der Waals surface area (Å²) in [6.07, 6.45) is 1.76. The number of hydrogen-bond acceptors (Lipinski definition) is 5. The molecule has 1 heterocycles. The van der Waals surface area contributed by atoms with E-state index < -0.39 is 5.97 Å². The molecule has 0 saturated carbocycles. The molecule has 1 aromatic rings. The van der Waals surface area contributed by atoms with Gasteiger partial charge in [-0.2, -0.15) is 11.8 Å². The van der Waals surface area contributed by atoms with E-state index in [0.29, 0.717) is 0 Å². The van der Waals surface area contributed by atoms with E-state index in [4.69, 9.17) is 9.47 Å². The molecule has 0 radical (unpaired) electrons. The predicted octanol–water partition coefficient (Wildman–Crippen LogP) is -1.99. The van der Waals surface area contributed by atoms with E-state index in [-0.39, 0.29) is 42.1 Å². The number of benzene rings is 1. The number of aliphatic carboxylic acids is 1. The SMILES string of the molecule is CCc1cc2c(cc1CCSCC(=O)[O-])OCO2.[Na+]. The first-order valence-corrected chi connectivity index (χ1v) is 7.05. The zero-order valence-electron chi connectivity index (χ0n) is 11.2. The van der Waals surface area contributed by atoms with E-state index in [1.807, 2.05) is 12.1 Å². The number of carboxylic acid groups (broad SMARTS) is 1. The van der Waals surface area contributed by atoms with Crippen LogP contribution in [0.5, 0.6) is 11.5 Å². The van der Waals surface area contributed by atoms with Crippen LogP contribution in [0.3, 0.4) is 0 Å². The summed E-state index contributed by atoms with van der Waals surface area (Å²) in [4.78, 5) is 10.3. The van der Waals surface area contributed by atoms with Crippen molar-refractivity contribution in [2.24, 2.45) is 0 Å². The summed E-state index contributed by atoms with van der Waals surface area (Å²) in [5, 5.41) is 10.3. The summed E-state index contributed by atoms with van der Waals surface area (Å²) >= 11 is 1.37. The minimum absolute atomic E-state index is 0. The Kier molecular flexibility index (Phi) is 7.07. The maximum Gasteiger partial charge on any atom is 1.00 e. The van der Waals surface area contributed by atoms with Gasteiger partial charge in [-0.25, -0.2) is 0 Å². The van der Waals surface area contributed by atoms with Crippen LogP contribution < -0.4 is 44.1 Å². The molecule has 1 aliphatic rings. The maximum absolute atomic E-state index is 10.3. The molecule has 0 aromatic heterocycles. The molecule has 0 bridgehead atoms. The van der Waals surface area contributed by atoms with Gasteiger partial charge in [0.1, 0.15) is 0 Å². The van der Waals surface area contributed by atoms with Crippen LogP contribution in [0.4, 0.5) is 0 Å². The Labute approximate surface area is 139 Å². The minimum atomic E-state index is -1.01. The van der Waals surface area contributed by atoms with Crippen molar-refractivity contribution in [3.8, 4) is 11.5 Å². The van der Waals surface area contributed by atoms with E-state index in [1.54, 1.807) is 0 Å². The van der Waals surface area contributed by atoms with Gasteiger partial charge in [0, 0.05) is 5.75 Å². The summed E-state index contributed by atoms with van der Waals surface area (Å²) in [5.74, 6) is 1.39. The maximum atomic E-state index is 10.3. The van der Waals surface area contributed by atoms with Gasteiger partial charge in [-0.1, -0.05) is 6.92 Å². The van der Waals surface area contributed by atoms with Crippen molar-refractivity contribution in [3.05, 3.63) is 23.3 Å². The van der Waals surface area contributed by atoms with E-state index in [0.717, 1.165) is 30.1 Å². The zero-order valence-corrected chi connectivity index (χ0v) is 14.0. The van der Waals surface area contributed by atoms with Crippen LogP contribution in [0.1, 0.15) is 18.1 Å². The molecular formula is C13H15NaO4S. The summed E-state index contributed by atoms with van der Waals surface area (Å²) in [5.41, 5.74) is 2.43. The quantitative estimate of drug-likeness (QED) is 0.448. The molecule has 1 aliphatic heterocycles. The van der Waals surface area contributed by atoms with Crippen molar-refractivity contribution >= 4 is 17.7 Å². The topological polar surface area (TPSA) is 58.6 Å². The van der Waals surface area contributed by atoms with Crippen molar-refractivity contribution in [1.82, 2.24) is 0 Å². The second kappa shape index (κ2) is 8.04. The molecular weight excluding hydrogens is 275 g/mol. The number of fused-ring (bicyclic) bond motifs is 1. The average Bonchev–Trinajstić information content (AvgIpc) is 2.80. The number of hydrogen-bond donors (Lipinski definition) is 0. The largest absolute Gasteiger partial charge is 1.00 e. The zero-order chi connectivity index (χ0) is 13.0. The van der Waals surface area contributed by atoms with Crippen molar-refractivity contribution in [2.75, 3.05) is 18.3 Å². The van der Waals surface area contributed by atoms with Gasteiger partial charge in [0.2, 0.25) is 6.79 Å². The third-order valence-corrected chi connectivity index (χ3v) is 3.74. The smallest absolute Gasteiger partial charge is 0.549 e. The predicted molar refractivity (Wildman–Crippen MR) is 68.0 cm³/mol. The summed E-state index contributed by atoms with van der Waals surface area (Å²) in [7, 11) is 0. The second-order valence-corrected chi connectivity index (χ2v) is 5.11. The van der Waals surface area contributed by atoms with E-state index >= 15 is 0 Å². The number of ether oxygens (including phenoxy) is 2. The molecule has 1 aromatic carbocycles. The van der Waals surface area contributed by atoms with Gasteiger partial charge in [0.15, 0.2) is 11.5 Å². The fourth-order valence-corrected chi connectivity index (χ4v) is 2.60. The first kappa shape index (κ1) is 16.7. The molecule has 0 fully saturated rings. The standard InChI is InChI=1S/C13H16O4S.Na/c1-2-9-5-11-12(17-8-16-11)6-10(9)3-4-18-7-13(14)15;/h5-6H,2-4,7-8H2,1H3,(H,14,15);/q;+1/p-1. The van der Waals surface area contributed by atoms with E-state index in [1.165, 1.54) is 22.9 Å². The molecule has 4 nitrogen and oxygen atoms in total. The summed E-state index contributed by atoms with van der Waals surface area (Å²) < 4.78 is 10.7. The fraction of sp³-hybridized carbons (Fsp3) is 0.462. The monoisotopic (exact) mass is 290 g/mol. The Morgan fingerprint density at radius 1 is 1.32 bits per heavy atom. The molecule has 98 valence electrons. The molecule has 0 unspecified atom stereocenters. The first-order chi connectivity index (χ1) is 8.70. The van der Waals surface area contributed by atoms with E-state index in [9.17, 15) is 9.90 Å². The fourth-order valence-electron chi connectivity index (χ4n) is 1.93. The van der Waals surface area contributed by atoms with Crippen molar-refractivity contribution in [1.29, 1.82) is 0 Å². The Balaban J connectivity index is 0.00000180. The molecule has 0 atom stereocenters. The number of carboxylic acids is 1. The third-order valence-electron chi connectivity index (χ3n) is 2.81. The van der Waals surface area contributed by atoms with Gasteiger partial charge in [-0.05, 0) is 41.9 Å². The normalized spacial score (nSPS) is 12.1. The Morgan fingerprint density at radius 2 is 1.95 bits per heavy atom. The van der Waals surface area contributed by atoms with Gasteiger partial charge in [0.05, 0.1) is 5.97 Å². The van der Waals surface area contributed by atoms with Gasteiger partial charge in [0.25, 0.3) is 0 Å². The first-order valence-electron chi connectivity index (χ1n) is 5.89. The van der Waals surface area contributed by atoms with Crippen LogP contribution >= 0.6 is 11.8 Å². The number of rotatable bonds is 6. The van der Waals surface area contributed by atoms with Crippen LogP contribution in [0.2, 0.25) is 0 Å². The molecule has 0 amide bonds. The molecule has 6 heteroatoms. The van der Waals surface area contributed by atoms with Crippen molar-refractivity contribution in [3.63, 3.8) is 0 Å². The van der Waals surface area contributed by atoms with Gasteiger partial charge in [-0.15, -0.1) is 0 Å². The van der Waals surface area contributed by atoms with Gasteiger partial charge in [-0.3, -0.25) is 0 Å². The van der Waals surface area contributed by atoms with Crippen molar-refractivity contribution in [2.45, 2.75) is 19.8 Å². The number of aryl methyl sites for hydroxylation is 2. The number of carbonyl (C=O) groups is 1. The Morgan fingerprint density at radius 3 is 2.53 bits per heavy atom. The van der Waals surface area contributed by atoms with E-state index in [2.05, 4.69) is 6.92 Å². The number of carbonyl (C=O) groups excluding carboxylic acids is 1. The van der Waals surface area contributed by atoms with Gasteiger partial charge >= 0.3 is 29.6 Å². The molecule has 19 heavy (non-hydrogen) atoms. The van der Waals surface area contributed by atoms with Crippen LogP contribution in [-0.4, -0.2) is 24.3 Å². The molecule has 0 saturated heterocycles. The van der Waals surface area contributed by atoms with Crippen LogP contribution in [0.15, 0.2) is 12.1 Å². The Hall–Kier alpha value is -0.360. The van der Waals surface area contributed by atoms with Crippen LogP contribution in [0, 0.1) is 0 Å². The third kappa shape index (κ3) is 4.60. The molecule has 2 rings (SSSR count). The number of thioether (sulfide) groups is 1. The van der Waals surface area contributed by atoms with Gasteiger partial charge < -0.3 is 19.4 Å². The second-order valence-electron chi connectivity index (χ2n) is 4.00. The molecule has 0 N–H and O–H groups in total. The van der Waals surface area contributed by atoms with Crippen LogP contribution in [0.25, 0.3) is 0 Å². The molecule has 0 spiro atoms. The average molecular weight is 290 g/mol. The molecule has 0 aliphatic carbocycles. The Bertz CT molecular complexity index is 451. The van der Waals surface area contributed by atoms with Crippen LogP contribution in [-0.2, 0) is 17.6 Å². The summed E-state index contributed by atoms with van der Waals surface area (Å²) in [6, 6.07) is 4.02. The summed E-state index contributed by atoms with van der Waals surface area (Å²) in [6.45, 7) is 2.37.